The van der Waals surface area contributed by atoms with Crippen LogP contribution in [0.15, 0.2) is 200 Å². The Hall–Kier alpha value is -8.20. The van der Waals surface area contributed by atoms with Crippen LogP contribution in [0.25, 0.3) is 105 Å². The third kappa shape index (κ3) is 6.17. The number of nitriles is 1. The van der Waals surface area contributed by atoms with E-state index in [4.69, 9.17) is 15.0 Å². The zero-order chi connectivity index (χ0) is 39.3. The topological polar surface area (TPSA) is 67.4 Å². The Labute approximate surface area is 340 Å². The van der Waals surface area contributed by atoms with E-state index < -0.39 is 0 Å². The van der Waals surface area contributed by atoms with E-state index in [1.165, 1.54) is 10.8 Å². The van der Waals surface area contributed by atoms with Gasteiger partial charge in [0, 0.05) is 33.2 Å². The van der Waals surface area contributed by atoms with Crippen LogP contribution < -0.4 is 0 Å². The number of rotatable bonds is 6. The minimum atomic E-state index is 0.564. The molecule has 11 aromatic rings. The summed E-state index contributed by atoms with van der Waals surface area (Å²) >= 11 is 0. The first-order valence-corrected chi connectivity index (χ1v) is 19.6. The molecule has 5 heteroatoms. The first-order chi connectivity index (χ1) is 29.1. The SMILES string of the molecule is N#Cc1ccc(-c2cc(-c3nc(-c4ccc5ccccc5c4)nc(-c4ccc5ccccc5c4)n3)cc(-n3c4ccccc4c4ccc(-c5ccccc5)cc43)c2)cc1. The minimum Gasteiger partial charge on any atom is -0.309 e. The van der Waals surface area contributed by atoms with Gasteiger partial charge < -0.3 is 4.57 Å². The van der Waals surface area contributed by atoms with Crippen LogP contribution in [0, 0.1) is 11.3 Å². The molecule has 0 bridgehead atoms. The summed E-state index contributed by atoms with van der Waals surface area (Å²) in [5.41, 5.74) is 10.7. The molecule has 0 aliphatic heterocycles. The summed E-state index contributed by atoms with van der Waals surface area (Å²) in [6.07, 6.45) is 0. The molecule has 0 saturated carbocycles. The molecule has 0 saturated heterocycles. The predicted octanol–water partition coefficient (Wildman–Crippen LogP) is 13.5. The molecule has 59 heavy (non-hydrogen) atoms. The van der Waals surface area contributed by atoms with Crippen LogP contribution in [0.1, 0.15) is 5.56 Å². The Morgan fingerprint density at radius 2 is 0.847 bits per heavy atom. The van der Waals surface area contributed by atoms with Crippen LogP contribution in [-0.4, -0.2) is 19.5 Å². The standard InChI is InChI=1S/C54H33N5/c55-34-35-18-20-39(21-19-35)45-30-46(32-47(31-45)59-50-17-9-8-16-48(50)49-27-26-42(33-51(49)59)36-10-2-1-3-11-36)54-57-52(43-24-22-37-12-4-6-14-40(37)28-43)56-53(58-54)44-25-23-38-13-5-7-15-41(38)29-44/h1-33H. The van der Waals surface area contributed by atoms with Crippen LogP contribution >= 0.6 is 0 Å². The summed E-state index contributed by atoms with van der Waals surface area (Å²) in [5, 5.41) is 16.5. The Kier molecular flexibility index (Phi) is 8.13. The second-order valence-corrected chi connectivity index (χ2v) is 14.8. The summed E-state index contributed by atoms with van der Waals surface area (Å²) in [5.74, 6) is 1.76. The van der Waals surface area contributed by atoms with Crippen molar-refractivity contribution in [1.82, 2.24) is 19.5 Å². The highest BCUT2D eigenvalue weighted by Crippen LogP contribution is 2.38. The number of fused-ring (bicyclic) bond motifs is 5. The number of para-hydroxylation sites is 1. The molecule has 0 radical (unpaired) electrons. The molecule has 0 aliphatic rings. The molecule has 2 aromatic heterocycles. The van der Waals surface area contributed by atoms with Crippen LogP contribution in [0.3, 0.4) is 0 Å². The number of nitrogens with zero attached hydrogens (tertiary/aromatic N) is 5. The third-order valence-electron chi connectivity index (χ3n) is 11.2. The van der Waals surface area contributed by atoms with Crippen LogP contribution in [-0.2, 0) is 0 Å². The lowest BCUT2D eigenvalue weighted by atomic mass is 10.00. The van der Waals surface area contributed by atoms with Gasteiger partial charge in [0.15, 0.2) is 17.5 Å². The zero-order valence-electron chi connectivity index (χ0n) is 31.8. The highest BCUT2D eigenvalue weighted by atomic mass is 15.0. The normalized spacial score (nSPS) is 11.4. The fourth-order valence-electron chi connectivity index (χ4n) is 8.25. The van der Waals surface area contributed by atoms with Crippen molar-refractivity contribution in [2.45, 2.75) is 0 Å². The summed E-state index contributed by atoms with van der Waals surface area (Å²) in [6.45, 7) is 0. The first-order valence-electron chi connectivity index (χ1n) is 19.6. The molecule has 0 spiro atoms. The maximum Gasteiger partial charge on any atom is 0.164 e. The van der Waals surface area contributed by atoms with E-state index in [0.29, 0.717) is 23.0 Å². The number of hydrogen-bond donors (Lipinski definition) is 0. The van der Waals surface area contributed by atoms with E-state index in [2.05, 4.69) is 180 Å². The van der Waals surface area contributed by atoms with Gasteiger partial charge in [-0.05, 0) is 98.4 Å². The highest BCUT2D eigenvalue weighted by molar-refractivity contribution is 6.10. The second-order valence-electron chi connectivity index (χ2n) is 14.8. The monoisotopic (exact) mass is 751 g/mol. The molecule has 0 atom stereocenters. The Morgan fingerprint density at radius 1 is 0.339 bits per heavy atom. The first kappa shape index (κ1) is 34.1. The maximum atomic E-state index is 9.65. The van der Waals surface area contributed by atoms with Crippen molar-refractivity contribution in [3.05, 3.63) is 206 Å². The zero-order valence-corrected chi connectivity index (χ0v) is 31.8. The van der Waals surface area contributed by atoms with E-state index >= 15 is 0 Å². The molecule has 9 aromatic carbocycles. The Morgan fingerprint density at radius 3 is 1.51 bits per heavy atom. The van der Waals surface area contributed by atoms with Crippen LogP contribution in [0.5, 0.6) is 0 Å². The van der Waals surface area contributed by atoms with E-state index in [0.717, 1.165) is 77.2 Å². The fraction of sp³-hybridized carbons (Fsp3) is 0. The third-order valence-corrected chi connectivity index (χ3v) is 11.2. The van der Waals surface area contributed by atoms with Crippen molar-refractivity contribution in [1.29, 1.82) is 5.26 Å². The van der Waals surface area contributed by atoms with Crippen LogP contribution in [0.4, 0.5) is 0 Å². The quantitative estimate of drug-likeness (QED) is 0.170. The van der Waals surface area contributed by atoms with Crippen molar-refractivity contribution >= 4 is 43.4 Å². The summed E-state index contributed by atoms with van der Waals surface area (Å²) in [6, 6.07) is 71.8. The highest BCUT2D eigenvalue weighted by Gasteiger charge is 2.19. The molecule has 11 rings (SSSR count). The Balaban J connectivity index is 1.18. The average Bonchev–Trinajstić information content (AvgIpc) is 3.65. The lowest BCUT2D eigenvalue weighted by Gasteiger charge is -2.15. The number of hydrogen-bond acceptors (Lipinski definition) is 4. The number of aromatic nitrogens is 4. The Bertz CT molecular complexity index is 3350. The predicted molar refractivity (Wildman–Crippen MR) is 241 cm³/mol. The molecule has 0 N–H and O–H groups in total. The molecule has 2 heterocycles. The molecule has 0 unspecified atom stereocenters. The van der Waals surface area contributed by atoms with E-state index in [9.17, 15) is 5.26 Å². The lowest BCUT2D eigenvalue weighted by molar-refractivity contribution is 1.07. The molecule has 0 fully saturated rings. The fourth-order valence-corrected chi connectivity index (χ4v) is 8.25. The largest absolute Gasteiger partial charge is 0.309 e. The molecule has 274 valence electrons. The van der Waals surface area contributed by atoms with Crippen molar-refractivity contribution in [2.24, 2.45) is 0 Å². The molecular weight excluding hydrogens is 719 g/mol. The van der Waals surface area contributed by atoms with Crippen molar-refractivity contribution in [2.75, 3.05) is 0 Å². The molecule has 0 amide bonds. The molecule has 5 nitrogen and oxygen atoms in total. The van der Waals surface area contributed by atoms with Gasteiger partial charge in [0.2, 0.25) is 0 Å². The van der Waals surface area contributed by atoms with Crippen molar-refractivity contribution in [3.63, 3.8) is 0 Å². The average molecular weight is 752 g/mol. The molecule has 0 aliphatic carbocycles. The van der Waals surface area contributed by atoms with Gasteiger partial charge in [0.05, 0.1) is 22.7 Å². The van der Waals surface area contributed by atoms with E-state index in [1.54, 1.807) is 0 Å². The van der Waals surface area contributed by atoms with Gasteiger partial charge in [-0.15, -0.1) is 0 Å². The van der Waals surface area contributed by atoms with Crippen molar-refractivity contribution in [3.8, 4) is 68.2 Å². The van der Waals surface area contributed by atoms with Crippen molar-refractivity contribution < 1.29 is 0 Å². The van der Waals surface area contributed by atoms with Gasteiger partial charge in [0.1, 0.15) is 0 Å². The summed E-state index contributed by atoms with van der Waals surface area (Å²) in [7, 11) is 0. The van der Waals surface area contributed by atoms with Gasteiger partial charge >= 0.3 is 0 Å². The van der Waals surface area contributed by atoms with Gasteiger partial charge in [0.25, 0.3) is 0 Å². The van der Waals surface area contributed by atoms with Crippen LogP contribution in [0.2, 0.25) is 0 Å². The van der Waals surface area contributed by atoms with Gasteiger partial charge in [-0.2, -0.15) is 5.26 Å². The van der Waals surface area contributed by atoms with E-state index in [1.807, 2.05) is 30.3 Å². The van der Waals surface area contributed by atoms with Gasteiger partial charge in [-0.3, -0.25) is 0 Å². The lowest BCUT2D eigenvalue weighted by Crippen LogP contribution is -2.02. The molecular formula is C54H33N5. The maximum absolute atomic E-state index is 9.65. The smallest absolute Gasteiger partial charge is 0.164 e. The minimum absolute atomic E-state index is 0.564. The summed E-state index contributed by atoms with van der Waals surface area (Å²) in [4.78, 5) is 15.7. The van der Waals surface area contributed by atoms with Gasteiger partial charge in [-0.1, -0.05) is 146 Å². The second kappa shape index (κ2) is 14.1. The van der Waals surface area contributed by atoms with Gasteiger partial charge in [-0.25, -0.2) is 15.0 Å². The van der Waals surface area contributed by atoms with E-state index in [-0.39, 0.29) is 0 Å². The summed E-state index contributed by atoms with van der Waals surface area (Å²) < 4.78 is 2.35. The number of benzene rings is 9.